The van der Waals surface area contributed by atoms with Crippen LogP contribution in [-0.4, -0.2) is 23.5 Å². The smallest absolute Gasteiger partial charge is 0.335 e. The monoisotopic (exact) mass is 205 g/mol. The van der Waals surface area contributed by atoms with Crippen LogP contribution in [-0.2, 0) is 4.79 Å². The molecular weight excluding hydrogens is 194 g/mol. The van der Waals surface area contributed by atoms with Crippen LogP contribution in [0.2, 0.25) is 0 Å². The van der Waals surface area contributed by atoms with Crippen LogP contribution < -0.4 is 5.32 Å². The van der Waals surface area contributed by atoms with E-state index < -0.39 is 5.97 Å². The Labute approximate surface area is 86.9 Å². The van der Waals surface area contributed by atoms with Crippen molar-refractivity contribution in [3.63, 3.8) is 0 Å². The zero-order valence-corrected chi connectivity index (χ0v) is 8.06. The topological polar surface area (TPSA) is 66.4 Å². The molecule has 0 saturated carbocycles. The van der Waals surface area contributed by atoms with Gasteiger partial charge in [0.2, 0.25) is 5.91 Å². The van der Waals surface area contributed by atoms with Crippen LogP contribution in [0.15, 0.2) is 24.3 Å². The van der Waals surface area contributed by atoms with E-state index in [2.05, 4.69) is 5.32 Å². The highest BCUT2D eigenvalue weighted by atomic mass is 16.4. The molecule has 1 aliphatic rings. The molecule has 4 nitrogen and oxygen atoms in total. The molecule has 1 atom stereocenters. The van der Waals surface area contributed by atoms with Gasteiger partial charge in [-0.3, -0.25) is 4.79 Å². The summed E-state index contributed by atoms with van der Waals surface area (Å²) in [5.41, 5.74) is 1.13. The first-order valence-corrected chi connectivity index (χ1v) is 4.79. The highest BCUT2D eigenvalue weighted by molar-refractivity contribution is 5.88. The van der Waals surface area contributed by atoms with Crippen molar-refractivity contribution < 1.29 is 14.7 Å². The van der Waals surface area contributed by atoms with Crippen LogP contribution in [0, 0.1) is 0 Å². The van der Waals surface area contributed by atoms with E-state index in [1.807, 2.05) is 0 Å². The summed E-state index contributed by atoms with van der Waals surface area (Å²) >= 11 is 0. The van der Waals surface area contributed by atoms with E-state index in [-0.39, 0.29) is 17.4 Å². The van der Waals surface area contributed by atoms with Crippen molar-refractivity contribution in [2.75, 3.05) is 6.54 Å². The Bertz CT molecular complexity index is 397. The van der Waals surface area contributed by atoms with Gasteiger partial charge in [0, 0.05) is 6.54 Å². The first-order valence-electron chi connectivity index (χ1n) is 4.79. The zero-order chi connectivity index (χ0) is 10.8. The summed E-state index contributed by atoms with van der Waals surface area (Å²) in [5.74, 6) is -1.04. The van der Waals surface area contributed by atoms with Gasteiger partial charge < -0.3 is 10.4 Å². The fraction of sp³-hybridized carbons (Fsp3) is 0.273. The van der Waals surface area contributed by atoms with Crippen molar-refractivity contribution in [1.82, 2.24) is 5.32 Å². The van der Waals surface area contributed by atoms with E-state index in [1.165, 1.54) is 12.1 Å². The van der Waals surface area contributed by atoms with E-state index in [9.17, 15) is 9.59 Å². The van der Waals surface area contributed by atoms with E-state index >= 15 is 0 Å². The summed E-state index contributed by atoms with van der Waals surface area (Å²) in [6, 6.07) is 6.48. The third kappa shape index (κ3) is 1.83. The van der Waals surface area contributed by atoms with Crippen molar-refractivity contribution in [3.8, 4) is 0 Å². The van der Waals surface area contributed by atoms with Crippen molar-refractivity contribution in [3.05, 3.63) is 35.4 Å². The average molecular weight is 205 g/mol. The minimum atomic E-state index is -0.947. The fourth-order valence-corrected chi connectivity index (χ4v) is 1.77. The number of benzene rings is 1. The standard InChI is InChI=1S/C11H11NO3/c13-10-9(5-6-12-10)7-1-3-8(4-2-7)11(14)15/h1-4,9H,5-6H2,(H,12,13)(H,14,15)/t9-/m0/s1. The average Bonchev–Trinajstić information content (AvgIpc) is 2.65. The molecule has 1 aromatic rings. The number of carbonyl (C=O) groups excluding carboxylic acids is 1. The predicted octanol–water partition coefficient (Wildman–Crippen LogP) is 0.988. The van der Waals surface area contributed by atoms with Gasteiger partial charge in [-0.15, -0.1) is 0 Å². The third-order valence-corrected chi connectivity index (χ3v) is 2.61. The van der Waals surface area contributed by atoms with Gasteiger partial charge in [0.15, 0.2) is 0 Å². The molecule has 78 valence electrons. The SMILES string of the molecule is O=C(O)c1ccc([C@@H]2CCNC2=O)cc1. The van der Waals surface area contributed by atoms with Crippen LogP contribution in [0.5, 0.6) is 0 Å². The molecule has 1 aromatic carbocycles. The highest BCUT2D eigenvalue weighted by Gasteiger charge is 2.25. The molecule has 0 aliphatic carbocycles. The first kappa shape index (κ1) is 9.71. The van der Waals surface area contributed by atoms with Crippen molar-refractivity contribution in [1.29, 1.82) is 0 Å². The Morgan fingerprint density at radius 1 is 1.33 bits per heavy atom. The Kier molecular flexibility index (Phi) is 2.41. The quantitative estimate of drug-likeness (QED) is 0.756. The second-order valence-corrected chi connectivity index (χ2v) is 3.56. The maximum absolute atomic E-state index is 11.4. The van der Waals surface area contributed by atoms with Crippen molar-refractivity contribution in [2.24, 2.45) is 0 Å². The molecule has 1 fully saturated rings. The van der Waals surface area contributed by atoms with Crippen LogP contribution in [0.4, 0.5) is 0 Å². The minimum Gasteiger partial charge on any atom is -0.478 e. The minimum absolute atomic E-state index is 0.0260. The molecule has 1 aliphatic heterocycles. The van der Waals surface area contributed by atoms with E-state index in [4.69, 9.17) is 5.11 Å². The van der Waals surface area contributed by atoms with E-state index in [0.717, 1.165) is 12.0 Å². The molecule has 0 spiro atoms. The van der Waals surface area contributed by atoms with E-state index in [1.54, 1.807) is 12.1 Å². The molecule has 15 heavy (non-hydrogen) atoms. The molecule has 0 aromatic heterocycles. The normalized spacial score (nSPS) is 20.0. The third-order valence-electron chi connectivity index (χ3n) is 2.61. The molecule has 1 amide bonds. The maximum Gasteiger partial charge on any atom is 0.335 e. The summed E-state index contributed by atoms with van der Waals surface area (Å²) in [6.07, 6.45) is 0.783. The Balaban J connectivity index is 2.23. The molecular formula is C11H11NO3. The number of hydrogen-bond donors (Lipinski definition) is 2. The summed E-state index contributed by atoms with van der Waals surface area (Å²) in [6.45, 7) is 0.699. The second-order valence-electron chi connectivity index (χ2n) is 3.56. The second kappa shape index (κ2) is 3.73. The number of carbonyl (C=O) groups is 2. The van der Waals surface area contributed by atoms with Crippen LogP contribution in [0.1, 0.15) is 28.3 Å². The molecule has 0 unspecified atom stereocenters. The molecule has 0 radical (unpaired) electrons. The summed E-state index contributed by atoms with van der Waals surface area (Å²) in [5, 5.41) is 11.5. The number of carboxylic acids is 1. The highest BCUT2D eigenvalue weighted by Crippen LogP contribution is 2.23. The van der Waals surface area contributed by atoms with Crippen molar-refractivity contribution in [2.45, 2.75) is 12.3 Å². The predicted molar refractivity (Wildman–Crippen MR) is 53.8 cm³/mol. The van der Waals surface area contributed by atoms with Gasteiger partial charge in [-0.05, 0) is 24.1 Å². The fourth-order valence-electron chi connectivity index (χ4n) is 1.77. The lowest BCUT2D eigenvalue weighted by Crippen LogP contribution is -2.17. The molecule has 0 bridgehead atoms. The number of rotatable bonds is 2. The van der Waals surface area contributed by atoms with Gasteiger partial charge in [-0.25, -0.2) is 4.79 Å². The van der Waals surface area contributed by atoms with Gasteiger partial charge in [-0.1, -0.05) is 12.1 Å². The summed E-state index contributed by atoms with van der Waals surface area (Å²) in [4.78, 5) is 22.0. The lowest BCUT2D eigenvalue weighted by molar-refractivity contribution is -0.120. The molecule has 4 heteroatoms. The Morgan fingerprint density at radius 2 is 2.00 bits per heavy atom. The van der Waals surface area contributed by atoms with Crippen molar-refractivity contribution >= 4 is 11.9 Å². The zero-order valence-electron chi connectivity index (χ0n) is 8.06. The summed E-state index contributed by atoms with van der Waals surface area (Å²) in [7, 11) is 0. The largest absolute Gasteiger partial charge is 0.478 e. The number of carboxylic acid groups (broad SMARTS) is 1. The van der Waals surface area contributed by atoms with Gasteiger partial charge in [0.25, 0.3) is 0 Å². The number of hydrogen-bond acceptors (Lipinski definition) is 2. The van der Waals surface area contributed by atoms with Gasteiger partial charge >= 0.3 is 5.97 Å². The molecule has 2 rings (SSSR count). The first-order chi connectivity index (χ1) is 7.18. The molecule has 1 heterocycles. The van der Waals surface area contributed by atoms with Crippen LogP contribution in [0.25, 0.3) is 0 Å². The summed E-state index contributed by atoms with van der Waals surface area (Å²) < 4.78 is 0. The lowest BCUT2D eigenvalue weighted by Gasteiger charge is -2.06. The number of nitrogens with one attached hydrogen (secondary N) is 1. The number of aromatic carboxylic acids is 1. The number of amides is 1. The van der Waals surface area contributed by atoms with Gasteiger partial charge in [-0.2, -0.15) is 0 Å². The van der Waals surface area contributed by atoms with Crippen LogP contribution >= 0.6 is 0 Å². The molecule has 2 N–H and O–H groups in total. The Morgan fingerprint density at radius 3 is 2.47 bits per heavy atom. The molecule has 1 saturated heterocycles. The maximum atomic E-state index is 11.4. The lowest BCUT2D eigenvalue weighted by atomic mass is 9.97. The van der Waals surface area contributed by atoms with Gasteiger partial charge in [0.1, 0.15) is 0 Å². The van der Waals surface area contributed by atoms with Crippen LogP contribution in [0.3, 0.4) is 0 Å². The van der Waals surface area contributed by atoms with E-state index in [0.29, 0.717) is 6.54 Å². The Hall–Kier alpha value is -1.84. The van der Waals surface area contributed by atoms with Gasteiger partial charge in [0.05, 0.1) is 11.5 Å².